The molecule has 182 valence electrons. The summed E-state index contributed by atoms with van der Waals surface area (Å²) < 4.78 is 35.1. The van der Waals surface area contributed by atoms with E-state index in [4.69, 9.17) is 4.74 Å². The van der Waals surface area contributed by atoms with Gasteiger partial charge in [0.15, 0.2) is 11.6 Å². The molecule has 0 spiro atoms. The van der Waals surface area contributed by atoms with Gasteiger partial charge in [-0.1, -0.05) is 77.7 Å². The number of rotatable bonds is 12. The van der Waals surface area contributed by atoms with Crippen molar-refractivity contribution in [3.8, 4) is 5.75 Å². The van der Waals surface area contributed by atoms with Crippen LogP contribution in [0.25, 0.3) is 0 Å². The lowest BCUT2D eigenvalue weighted by Gasteiger charge is -2.38. The van der Waals surface area contributed by atoms with Crippen molar-refractivity contribution in [3.63, 3.8) is 0 Å². The summed E-state index contributed by atoms with van der Waals surface area (Å²) in [5.41, 5.74) is 0.568. The van der Waals surface area contributed by atoms with Gasteiger partial charge in [0.2, 0.25) is 5.82 Å². The van der Waals surface area contributed by atoms with Crippen LogP contribution >= 0.6 is 0 Å². The van der Waals surface area contributed by atoms with E-state index in [9.17, 15) is 8.78 Å². The van der Waals surface area contributed by atoms with Crippen LogP contribution in [0.5, 0.6) is 5.75 Å². The van der Waals surface area contributed by atoms with Crippen molar-refractivity contribution in [1.82, 2.24) is 0 Å². The van der Waals surface area contributed by atoms with Gasteiger partial charge in [0.1, 0.15) is 0 Å². The molecule has 3 rings (SSSR count). The molecule has 2 saturated carbocycles. The summed E-state index contributed by atoms with van der Waals surface area (Å²) in [5.74, 6) is 1.37. The third kappa shape index (κ3) is 7.19. The Hall–Kier alpha value is -1.12. The third-order valence-corrected chi connectivity index (χ3v) is 8.43. The van der Waals surface area contributed by atoms with Gasteiger partial charge in [-0.15, -0.1) is 0 Å². The molecule has 0 radical (unpaired) electrons. The van der Waals surface area contributed by atoms with E-state index in [0.29, 0.717) is 12.2 Å². The number of halogens is 2. The third-order valence-electron chi connectivity index (χ3n) is 8.43. The van der Waals surface area contributed by atoms with E-state index >= 15 is 0 Å². The van der Waals surface area contributed by atoms with E-state index in [1.165, 1.54) is 77.0 Å². The lowest BCUT2D eigenvalue weighted by atomic mass is 9.68. The molecule has 2 aliphatic rings. The van der Waals surface area contributed by atoms with Gasteiger partial charge in [-0.2, -0.15) is 4.39 Å². The van der Waals surface area contributed by atoms with Crippen LogP contribution in [0, 0.1) is 29.4 Å². The quantitative estimate of drug-likeness (QED) is 0.289. The molecule has 0 heterocycles. The Morgan fingerprint density at radius 1 is 0.719 bits per heavy atom. The normalized spacial score (nSPS) is 26.2. The van der Waals surface area contributed by atoms with Crippen LogP contribution in [-0.4, -0.2) is 6.61 Å². The Morgan fingerprint density at radius 2 is 1.31 bits per heavy atom. The van der Waals surface area contributed by atoms with Crippen molar-refractivity contribution in [2.45, 2.75) is 122 Å². The maximum Gasteiger partial charge on any atom is 0.200 e. The summed E-state index contributed by atoms with van der Waals surface area (Å²) in [6, 6.07) is 3.45. The Balaban J connectivity index is 1.42. The predicted octanol–water partition coefficient (Wildman–Crippen LogP) is 9.58. The van der Waals surface area contributed by atoms with Crippen molar-refractivity contribution in [1.29, 1.82) is 0 Å². The van der Waals surface area contributed by atoms with Gasteiger partial charge in [0.25, 0.3) is 0 Å². The largest absolute Gasteiger partial charge is 0.490 e. The molecular formula is C29H46F2O. The zero-order valence-electron chi connectivity index (χ0n) is 20.6. The Labute approximate surface area is 195 Å². The molecule has 1 aromatic carbocycles. The van der Waals surface area contributed by atoms with E-state index in [1.807, 2.05) is 0 Å². The second kappa shape index (κ2) is 13.6. The number of benzene rings is 1. The van der Waals surface area contributed by atoms with Crippen LogP contribution < -0.4 is 4.74 Å². The summed E-state index contributed by atoms with van der Waals surface area (Å²) in [4.78, 5) is 0. The number of hydrogen-bond donors (Lipinski definition) is 0. The molecule has 0 amide bonds. The average Bonchev–Trinajstić information content (AvgIpc) is 2.83. The van der Waals surface area contributed by atoms with Crippen molar-refractivity contribution < 1.29 is 13.5 Å². The number of unbranched alkanes of at least 4 members (excludes halogenated alkanes) is 6. The molecule has 0 atom stereocenters. The van der Waals surface area contributed by atoms with E-state index in [1.54, 1.807) is 12.1 Å². The molecule has 0 saturated heterocycles. The first kappa shape index (κ1) is 25.5. The van der Waals surface area contributed by atoms with Gasteiger partial charge in [-0.3, -0.25) is 0 Å². The fourth-order valence-electron chi connectivity index (χ4n) is 6.18. The Kier molecular flexibility index (Phi) is 10.8. The van der Waals surface area contributed by atoms with E-state index in [0.717, 1.165) is 43.4 Å². The van der Waals surface area contributed by atoms with Crippen LogP contribution in [-0.2, 0) is 0 Å². The smallest absolute Gasteiger partial charge is 0.200 e. The highest BCUT2D eigenvalue weighted by molar-refractivity contribution is 5.33. The summed E-state index contributed by atoms with van der Waals surface area (Å²) >= 11 is 0. The highest BCUT2D eigenvalue weighted by Gasteiger charge is 2.32. The van der Waals surface area contributed by atoms with Crippen LogP contribution in [0.15, 0.2) is 12.1 Å². The number of hydrogen-bond acceptors (Lipinski definition) is 1. The molecule has 3 heteroatoms. The molecule has 0 aliphatic heterocycles. The zero-order chi connectivity index (χ0) is 22.8. The number of ether oxygens (including phenoxy) is 1. The second-order valence-corrected chi connectivity index (χ2v) is 10.6. The summed E-state index contributed by atoms with van der Waals surface area (Å²) in [5, 5.41) is 0. The average molecular weight is 449 g/mol. The first-order valence-corrected chi connectivity index (χ1v) is 13.7. The lowest BCUT2D eigenvalue weighted by Crippen LogP contribution is -2.25. The molecule has 0 N–H and O–H groups in total. The van der Waals surface area contributed by atoms with E-state index in [-0.39, 0.29) is 11.7 Å². The maximum atomic E-state index is 14.9. The molecule has 0 aromatic heterocycles. The van der Waals surface area contributed by atoms with Gasteiger partial charge in [0, 0.05) is 0 Å². The maximum absolute atomic E-state index is 14.9. The topological polar surface area (TPSA) is 9.23 Å². The fraction of sp³-hybridized carbons (Fsp3) is 0.793. The van der Waals surface area contributed by atoms with Crippen molar-refractivity contribution in [2.75, 3.05) is 6.61 Å². The van der Waals surface area contributed by atoms with Crippen molar-refractivity contribution in [2.24, 2.45) is 17.8 Å². The van der Waals surface area contributed by atoms with E-state index < -0.39 is 11.6 Å². The lowest BCUT2D eigenvalue weighted by molar-refractivity contribution is 0.158. The first-order chi connectivity index (χ1) is 15.6. The monoisotopic (exact) mass is 448 g/mol. The predicted molar refractivity (Wildman–Crippen MR) is 130 cm³/mol. The molecule has 0 unspecified atom stereocenters. The first-order valence-electron chi connectivity index (χ1n) is 13.7. The summed E-state index contributed by atoms with van der Waals surface area (Å²) in [6.45, 7) is 5.00. The van der Waals surface area contributed by atoms with Gasteiger partial charge < -0.3 is 4.74 Å². The highest BCUT2D eigenvalue weighted by Crippen LogP contribution is 2.45. The van der Waals surface area contributed by atoms with Crippen LogP contribution in [0.1, 0.15) is 128 Å². The van der Waals surface area contributed by atoms with E-state index in [2.05, 4.69) is 13.8 Å². The minimum absolute atomic E-state index is 0.0820. The molecule has 2 fully saturated rings. The van der Waals surface area contributed by atoms with Crippen molar-refractivity contribution >= 4 is 0 Å². The minimum atomic E-state index is -0.787. The van der Waals surface area contributed by atoms with Gasteiger partial charge in [0.05, 0.1) is 6.61 Å². The van der Waals surface area contributed by atoms with Gasteiger partial charge >= 0.3 is 0 Å². The van der Waals surface area contributed by atoms with Crippen LogP contribution in [0.2, 0.25) is 0 Å². The van der Waals surface area contributed by atoms with Crippen molar-refractivity contribution in [3.05, 3.63) is 29.3 Å². The van der Waals surface area contributed by atoms with Gasteiger partial charge in [-0.25, -0.2) is 4.39 Å². The van der Waals surface area contributed by atoms with Gasteiger partial charge in [-0.05, 0) is 80.2 Å². The molecule has 0 bridgehead atoms. The molecule has 1 nitrogen and oxygen atoms in total. The summed E-state index contributed by atoms with van der Waals surface area (Å²) in [6.07, 6.45) is 19.5. The zero-order valence-corrected chi connectivity index (χ0v) is 20.6. The fourth-order valence-corrected chi connectivity index (χ4v) is 6.18. The second-order valence-electron chi connectivity index (χ2n) is 10.6. The Morgan fingerprint density at radius 3 is 1.94 bits per heavy atom. The Bertz CT molecular complexity index is 657. The minimum Gasteiger partial charge on any atom is -0.490 e. The van der Waals surface area contributed by atoms with Crippen LogP contribution in [0.3, 0.4) is 0 Å². The summed E-state index contributed by atoms with van der Waals surface area (Å²) in [7, 11) is 0. The molecular weight excluding hydrogens is 402 g/mol. The highest BCUT2D eigenvalue weighted by atomic mass is 19.2. The van der Waals surface area contributed by atoms with Crippen LogP contribution in [0.4, 0.5) is 8.78 Å². The SMILES string of the molecule is CCCCCCCCCOc1ccc(C2CCC(C3CCC(CC)CC3)CC2)c(F)c1F. The molecule has 1 aromatic rings. The standard InChI is InChI=1S/C29H46F2O/c1-3-5-6-7-8-9-10-21-32-27-20-19-26(28(30)29(27)31)25-17-15-24(16-18-25)23-13-11-22(4-2)12-14-23/h19-20,22-25H,3-18,21H2,1-2H3. The molecule has 32 heavy (non-hydrogen) atoms. The molecule has 2 aliphatic carbocycles.